The molecule has 0 radical (unpaired) electrons. The van der Waals surface area contributed by atoms with Crippen LogP contribution in [0.15, 0.2) is 53.3 Å². The minimum atomic E-state index is -5.08. The summed E-state index contributed by atoms with van der Waals surface area (Å²) in [7, 11) is 0. The Morgan fingerprint density at radius 1 is 1.06 bits per heavy atom. The van der Waals surface area contributed by atoms with E-state index < -0.39 is 18.1 Å². The van der Waals surface area contributed by atoms with Gasteiger partial charge in [0.15, 0.2) is 0 Å². The standard InChI is InChI=1S/C22H22ClN3O3.C2HF3O2/c23-16-9-7-15(8-10-16)12-20-18-5-1-2-6-19(18)22(29)26(24-20)13-17-4-3-11-25(17)14-21(27)28;3-2(4,5)1(6)7/h1-2,5-10,17H,3-4,11-14H2,(H,27,28);(H,6,7)/t17-;/m1./s1. The number of aromatic nitrogens is 2. The molecular formula is C24H23ClF3N3O5. The molecule has 1 saturated heterocycles. The second-order valence-electron chi connectivity index (χ2n) is 8.25. The Hall–Kier alpha value is -3.44. The second-order valence-corrected chi connectivity index (χ2v) is 8.68. The Balaban J connectivity index is 0.000000454. The fourth-order valence-corrected chi connectivity index (χ4v) is 4.16. The van der Waals surface area contributed by atoms with Crippen molar-refractivity contribution >= 4 is 34.3 Å². The number of aliphatic carboxylic acids is 2. The Morgan fingerprint density at radius 3 is 2.25 bits per heavy atom. The molecule has 36 heavy (non-hydrogen) atoms. The highest BCUT2D eigenvalue weighted by molar-refractivity contribution is 6.30. The van der Waals surface area contributed by atoms with E-state index >= 15 is 0 Å². The molecule has 0 aliphatic carbocycles. The topological polar surface area (TPSA) is 113 Å². The van der Waals surface area contributed by atoms with Gasteiger partial charge in [-0.15, -0.1) is 0 Å². The highest BCUT2D eigenvalue weighted by Crippen LogP contribution is 2.21. The summed E-state index contributed by atoms with van der Waals surface area (Å²) in [5.41, 5.74) is 1.75. The number of hydrogen-bond acceptors (Lipinski definition) is 5. The van der Waals surface area contributed by atoms with Crippen molar-refractivity contribution in [2.24, 2.45) is 0 Å². The number of carbonyl (C=O) groups is 2. The van der Waals surface area contributed by atoms with Crippen molar-refractivity contribution < 1.29 is 33.0 Å². The Morgan fingerprint density at radius 2 is 1.67 bits per heavy atom. The van der Waals surface area contributed by atoms with Gasteiger partial charge in [0.25, 0.3) is 5.56 Å². The summed E-state index contributed by atoms with van der Waals surface area (Å²) in [5, 5.41) is 23.1. The summed E-state index contributed by atoms with van der Waals surface area (Å²) in [6.07, 6.45) is -2.71. The van der Waals surface area contributed by atoms with E-state index in [1.54, 1.807) is 0 Å². The van der Waals surface area contributed by atoms with Crippen LogP contribution in [0.5, 0.6) is 0 Å². The van der Waals surface area contributed by atoms with Crippen LogP contribution in [0.25, 0.3) is 10.8 Å². The third-order valence-electron chi connectivity index (χ3n) is 5.69. The summed E-state index contributed by atoms with van der Waals surface area (Å²) >= 11 is 5.99. The van der Waals surface area contributed by atoms with E-state index in [1.807, 2.05) is 53.4 Å². The van der Waals surface area contributed by atoms with Gasteiger partial charge in [-0.2, -0.15) is 18.3 Å². The number of fused-ring (bicyclic) bond motifs is 1. The molecule has 4 rings (SSSR count). The van der Waals surface area contributed by atoms with Crippen molar-refractivity contribution in [3.05, 3.63) is 75.2 Å². The summed E-state index contributed by atoms with van der Waals surface area (Å²) in [6, 6.07) is 15.1. The first-order chi connectivity index (χ1) is 17.0. The third kappa shape index (κ3) is 7.05. The van der Waals surface area contributed by atoms with E-state index in [4.69, 9.17) is 31.7 Å². The molecule has 8 nitrogen and oxygen atoms in total. The molecule has 3 aromatic rings. The number of nitrogens with zero attached hydrogens (tertiary/aromatic N) is 3. The van der Waals surface area contributed by atoms with E-state index in [-0.39, 0.29) is 18.1 Å². The SMILES string of the molecule is O=C(O)C(F)(F)F.O=C(O)CN1CCC[C@@H]1Cn1nc(Cc2ccc(Cl)cc2)c2ccccc2c1=O. The molecule has 0 saturated carbocycles. The van der Waals surface area contributed by atoms with Gasteiger partial charge in [-0.25, -0.2) is 9.48 Å². The average Bonchev–Trinajstić information content (AvgIpc) is 3.24. The molecule has 1 aromatic heterocycles. The van der Waals surface area contributed by atoms with Crippen LogP contribution in [0.4, 0.5) is 13.2 Å². The smallest absolute Gasteiger partial charge is 0.480 e. The number of carboxylic acid groups (broad SMARTS) is 2. The molecule has 2 heterocycles. The minimum Gasteiger partial charge on any atom is -0.480 e. The van der Waals surface area contributed by atoms with Gasteiger partial charge in [-0.05, 0) is 43.1 Å². The third-order valence-corrected chi connectivity index (χ3v) is 5.94. The Bertz CT molecular complexity index is 1290. The fourth-order valence-electron chi connectivity index (χ4n) is 4.04. The van der Waals surface area contributed by atoms with E-state index in [9.17, 15) is 22.8 Å². The lowest BCUT2D eigenvalue weighted by molar-refractivity contribution is -0.192. The summed E-state index contributed by atoms with van der Waals surface area (Å²) in [4.78, 5) is 35.0. The lowest BCUT2D eigenvalue weighted by atomic mass is 10.0. The normalized spacial score (nSPS) is 15.9. The quantitative estimate of drug-likeness (QED) is 0.503. The average molecular weight is 526 g/mol. The number of benzene rings is 2. The molecule has 0 amide bonds. The van der Waals surface area contributed by atoms with Crippen LogP contribution in [0.2, 0.25) is 5.02 Å². The van der Waals surface area contributed by atoms with Gasteiger partial charge in [0, 0.05) is 22.9 Å². The number of likely N-dealkylation sites (tertiary alicyclic amines) is 1. The monoisotopic (exact) mass is 525 g/mol. The van der Waals surface area contributed by atoms with Crippen LogP contribution in [0.3, 0.4) is 0 Å². The van der Waals surface area contributed by atoms with Crippen LogP contribution in [0, 0.1) is 0 Å². The van der Waals surface area contributed by atoms with Crippen LogP contribution in [-0.2, 0) is 22.6 Å². The van der Waals surface area contributed by atoms with Crippen molar-refractivity contribution in [3.8, 4) is 0 Å². The summed E-state index contributed by atoms with van der Waals surface area (Å²) < 4.78 is 33.2. The molecule has 1 aliphatic rings. The number of carboxylic acids is 2. The Labute approximate surface area is 208 Å². The first kappa shape index (κ1) is 27.2. The maximum Gasteiger partial charge on any atom is 0.490 e. The predicted molar refractivity (Wildman–Crippen MR) is 126 cm³/mol. The molecule has 0 bridgehead atoms. The number of alkyl halides is 3. The van der Waals surface area contributed by atoms with Crippen LogP contribution in [-0.4, -0.2) is 62.1 Å². The highest BCUT2D eigenvalue weighted by Gasteiger charge is 2.38. The molecule has 1 atom stereocenters. The van der Waals surface area contributed by atoms with Crippen molar-refractivity contribution in [1.82, 2.24) is 14.7 Å². The molecule has 192 valence electrons. The fraction of sp³-hybridized carbons (Fsp3) is 0.333. The zero-order valence-corrected chi connectivity index (χ0v) is 19.7. The predicted octanol–water partition coefficient (Wildman–Crippen LogP) is 3.82. The van der Waals surface area contributed by atoms with Crippen molar-refractivity contribution in [2.75, 3.05) is 13.1 Å². The van der Waals surface area contributed by atoms with Crippen LogP contribution in [0.1, 0.15) is 24.1 Å². The second kappa shape index (κ2) is 11.5. The van der Waals surface area contributed by atoms with E-state index in [1.165, 1.54) is 4.68 Å². The molecule has 0 spiro atoms. The van der Waals surface area contributed by atoms with Crippen LogP contribution < -0.4 is 5.56 Å². The largest absolute Gasteiger partial charge is 0.490 e. The van der Waals surface area contributed by atoms with Crippen molar-refractivity contribution in [3.63, 3.8) is 0 Å². The lowest BCUT2D eigenvalue weighted by Gasteiger charge is -2.23. The molecule has 0 unspecified atom stereocenters. The van der Waals surface area contributed by atoms with Gasteiger partial charge >= 0.3 is 18.1 Å². The lowest BCUT2D eigenvalue weighted by Crippen LogP contribution is -2.40. The first-order valence-corrected chi connectivity index (χ1v) is 11.3. The molecule has 2 N–H and O–H groups in total. The molecule has 1 fully saturated rings. The van der Waals surface area contributed by atoms with Crippen LogP contribution >= 0.6 is 11.6 Å². The van der Waals surface area contributed by atoms with Crippen molar-refractivity contribution in [1.29, 1.82) is 0 Å². The van der Waals surface area contributed by atoms with Gasteiger partial charge in [-0.3, -0.25) is 14.5 Å². The number of rotatable bonds is 6. The van der Waals surface area contributed by atoms with Gasteiger partial charge in [0.1, 0.15) is 0 Å². The Kier molecular flexibility index (Phi) is 8.70. The number of halogens is 4. The first-order valence-electron chi connectivity index (χ1n) is 10.9. The number of hydrogen-bond donors (Lipinski definition) is 2. The van der Waals surface area contributed by atoms with Gasteiger partial charge < -0.3 is 10.2 Å². The zero-order chi connectivity index (χ0) is 26.5. The maximum absolute atomic E-state index is 13.0. The highest BCUT2D eigenvalue weighted by atomic mass is 35.5. The molecule has 12 heteroatoms. The van der Waals surface area contributed by atoms with Gasteiger partial charge in [0.05, 0.1) is 24.2 Å². The molecular weight excluding hydrogens is 503 g/mol. The van der Waals surface area contributed by atoms with E-state index in [0.717, 1.165) is 36.0 Å². The summed E-state index contributed by atoms with van der Waals surface area (Å²) in [5.74, 6) is -3.60. The van der Waals surface area contributed by atoms with Gasteiger partial charge in [0.2, 0.25) is 0 Å². The summed E-state index contributed by atoms with van der Waals surface area (Å²) in [6.45, 7) is 1.12. The van der Waals surface area contributed by atoms with Crippen molar-refractivity contribution in [2.45, 2.75) is 38.0 Å². The van der Waals surface area contributed by atoms with E-state index in [2.05, 4.69) is 0 Å². The zero-order valence-electron chi connectivity index (χ0n) is 18.9. The molecule has 1 aliphatic heterocycles. The maximum atomic E-state index is 13.0. The van der Waals surface area contributed by atoms with E-state index in [0.29, 0.717) is 23.4 Å². The van der Waals surface area contributed by atoms with Gasteiger partial charge in [-0.1, -0.05) is 41.9 Å². The molecule has 2 aromatic carbocycles. The minimum absolute atomic E-state index is 0.000782.